The second-order valence-corrected chi connectivity index (χ2v) is 5.36. The van der Waals surface area contributed by atoms with Crippen molar-refractivity contribution in [3.05, 3.63) is 59.9 Å². The van der Waals surface area contributed by atoms with E-state index in [1.54, 1.807) is 19.4 Å². The molecular weight excluding hydrogens is 306 g/mol. The van der Waals surface area contributed by atoms with Crippen LogP contribution in [0.15, 0.2) is 53.2 Å². The van der Waals surface area contributed by atoms with Crippen LogP contribution < -0.4 is 10.1 Å². The highest BCUT2D eigenvalue weighted by molar-refractivity contribution is 5.91. The van der Waals surface area contributed by atoms with Gasteiger partial charge in [-0.05, 0) is 36.8 Å². The predicted octanol–water partition coefficient (Wildman–Crippen LogP) is 3.23. The van der Waals surface area contributed by atoms with Gasteiger partial charge in [0.05, 0.1) is 19.2 Å². The highest BCUT2D eigenvalue weighted by Crippen LogP contribution is 2.24. The summed E-state index contributed by atoms with van der Waals surface area (Å²) in [4.78, 5) is 16.2. The Morgan fingerprint density at radius 1 is 1.25 bits per heavy atom. The molecule has 0 radical (unpaired) electrons. The molecule has 1 aromatic carbocycles. The summed E-state index contributed by atoms with van der Waals surface area (Å²) in [6.45, 7) is 1.94. The van der Waals surface area contributed by atoms with Crippen molar-refractivity contribution in [3.8, 4) is 17.1 Å². The number of methoxy groups -OCH3 is 1. The zero-order valence-corrected chi connectivity index (χ0v) is 13.4. The molecule has 0 saturated carbocycles. The van der Waals surface area contributed by atoms with Crippen LogP contribution in [0.1, 0.15) is 11.3 Å². The maximum absolute atomic E-state index is 12.1. The highest BCUT2D eigenvalue weighted by Gasteiger charge is 2.12. The molecule has 0 atom stereocenters. The van der Waals surface area contributed by atoms with Crippen LogP contribution >= 0.6 is 0 Å². The third-order valence-corrected chi connectivity index (χ3v) is 3.44. The first-order valence-electron chi connectivity index (χ1n) is 7.46. The van der Waals surface area contributed by atoms with Crippen LogP contribution in [0.5, 0.6) is 5.75 Å². The first-order chi connectivity index (χ1) is 11.6. The van der Waals surface area contributed by atoms with Crippen molar-refractivity contribution in [2.24, 2.45) is 0 Å². The zero-order chi connectivity index (χ0) is 16.9. The molecular formula is C18H17N3O3. The molecule has 0 spiro atoms. The standard InChI is InChI=1S/C18H17N3O3/c1-12-6-7-19-17(8-12)20-18(22)11-14-10-16(24-21-14)13-4-3-5-15(9-13)23-2/h3-10H,11H2,1-2H3,(H,19,20,22). The molecule has 122 valence electrons. The van der Waals surface area contributed by atoms with Crippen LogP contribution in [0.2, 0.25) is 0 Å². The summed E-state index contributed by atoms with van der Waals surface area (Å²) in [5, 5.41) is 6.70. The van der Waals surface area contributed by atoms with Crippen LogP contribution in [0.3, 0.4) is 0 Å². The number of nitrogens with one attached hydrogen (secondary N) is 1. The average Bonchev–Trinajstić information content (AvgIpc) is 3.03. The van der Waals surface area contributed by atoms with E-state index in [2.05, 4.69) is 15.5 Å². The number of amides is 1. The Morgan fingerprint density at radius 3 is 2.92 bits per heavy atom. The summed E-state index contributed by atoms with van der Waals surface area (Å²) in [5.74, 6) is 1.65. The second-order valence-electron chi connectivity index (χ2n) is 5.36. The van der Waals surface area contributed by atoms with Crippen molar-refractivity contribution in [1.82, 2.24) is 10.1 Å². The number of hydrogen-bond donors (Lipinski definition) is 1. The topological polar surface area (TPSA) is 77.2 Å². The maximum Gasteiger partial charge on any atom is 0.231 e. The Hall–Kier alpha value is -3.15. The van der Waals surface area contributed by atoms with E-state index in [0.717, 1.165) is 16.9 Å². The first-order valence-corrected chi connectivity index (χ1v) is 7.46. The lowest BCUT2D eigenvalue weighted by atomic mass is 10.1. The summed E-state index contributed by atoms with van der Waals surface area (Å²) in [6, 6.07) is 12.9. The van der Waals surface area contributed by atoms with E-state index < -0.39 is 0 Å². The number of aryl methyl sites for hydroxylation is 1. The van der Waals surface area contributed by atoms with Gasteiger partial charge >= 0.3 is 0 Å². The fraction of sp³-hybridized carbons (Fsp3) is 0.167. The lowest BCUT2D eigenvalue weighted by Crippen LogP contribution is -2.15. The SMILES string of the molecule is COc1cccc(-c2cc(CC(=O)Nc3cc(C)ccn3)no2)c1. The number of aromatic nitrogens is 2. The Bertz CT molecular complexity index is 858. The van der Waals surface area contributed by atoms with E-state index in [9.17, 15) is 4.79 Å². The van der Waals surface area contributed by atoms with Gasteiger partial charge in [0.1, 0.15) is 11.6 Å². The molecule has 2 aromatic heterocycles. The number of pyridine rings is 1. The Balaban J connectivity index is 1.68. The molecule has 2 heterocycles. The number of hydrogen-bond acceptors (Lipinski definition) is 5. The number of carbonyl (C=O) groups is 1. The molecule has 0 bridgehead atoms. The van der Waals surface area contributed by atoms with E-state index in [4.69, 9.17) is 9.26 Å². The van der Waals surface area contributed by atoms with Gasteiger partial charge in [-0.25, -0.2) is 4.98 Å². The summed E-state index contributed by atoms with van der Waals surface area (Å²) < 4.78 is 10.5. The van der Waals surface area contributed by atoms with E-state index in [1.165, 1.54) is 0 Å². The first kappa shape index (κ1) is 15.7. The Kier molecular flexibility index (Phi) is 4.56. The van der Waals surface area contributed by atoms with Crippen LogP contribution in [0.25, 0.3) is 11.3 Å². The maximum atomic E-state index is 12.1. The molecule has 1 N–H and O–H groups in total. The summed E-state index contributed by atoms with van der Waals surface area (Å²) in [7, 11) is 1.61. The van der Waals surface area contributed by atoms with Gasteiger partial charge in [0.15, 0.2) is 5.76 Å². The number of ether oxygens (including phenoxy) is 1. The minimum atomic E-state index is -0.196. The van der Waals surface area contributed by atoms with Crippen molar-refractivity contribution < 1.29 is 14.1 Å². The minimum Gasteiger partial charge on any atom is -0.497 e. The quantitative estimate of drug-likeness (QED) is 0.780. The van der Waals surface area contributed by atoms with Crippen molar-refractivity contribution in [1.29, 1.82) is 0 Å². The van der Waals surface area contributed by atoms with E-state index in [0.29, 0.717) is 17.3 Å². The van der Waals surface area contributed by atoms with Gasteiger partial charge in [-0.3, -0.25) is 4.79 Å². The molecule has 6 nitrogen and oxygen atoms in total. The Labute approximate surface area is 139 Å². The molecule has 0 unspecified atom stereocenters. The van der Waals surface area contributed by atoms with Gasteiger partial charge in [-0.15, -0.1) is 0 Å². The molecule has 0 aliphatic carbocycles. The van der Waals surface area contributed by atoms with Gasteiger partial charge in [0.2, 0.25) is 5.91 Å². The third kappa shape index (κ3) is 3.78. The van der Waals surface area contributed by atoms with Crippen LogP contribution in [0.4, 0.5) is 5.82 Å². The molecule has 0 aliphatic heterocycles. The molecule has 6 heteroatoms. The number of rotatable bonds is 5. The lowest BCUT2D eigenvalue weighted by Gasteiger charge is -2.03. The number of nitrogens with zero attached hydrogens (tertiary/aromatic N) is 2. The largest absolute Gasteiger partial charge is 0.497 e. The van der Waals surface area contributed by atoms with E-state index >= 15 is 0 Å². The third-order valence-electron chi connectivity index (χ3n) is 3.44. The van der Waals surface area contributed by atoms with Crippen molar-refractivity contribution in [2.45, 2.75) is 13.3 Å². The summed E-state index contributed by atoms with van der Waals surface area (Å²) >= 11 is 0. The molecule has 0 aliphatic rings. The number of carbonyl (C=O) groups excluding carboxylic acids is 1. The molecule has 3 aromatic rings. The fourth-order valence-corrected chi connectivity index (χ4v) is 2.26. The molecule has 1 amide bonds. The van der Waals surface area contributed by atoms with Gasteiger partial charge in [-0.1, -0.05) is 17.3 Å². The Morgan fingerprint density at radius 2 is 2.12 bits per heavy atom. The normalized spacial score (nSPS) is 10.4. The van der Waals surface area contributed by atoms with E-state index in [-0.39, 0.29) is 12.3 Å². The van der Waals surface area contributed by atoms with Crippen LogP contribution in [-0.2, 0) is 11.2 Å². The van der Waals surface area contributed by atoms with Gasteiger partial charge in [0, 0.05) is 17.8 Å². The molecule has 3 rings (SSSR count). The molecule has 0 saturated heterocycles. The highest BCUT2D eigenvalue weighted by atomic mass is 16.5. The smallest absolute Gasteiger partial charge is 0.231 e. The lowest BCUT2D eigenvalue weighted by molar-refractivity contribution is -0.115. The summed E-state index contributed by atoms with van der Waals surface area (Å²) in [6.07, 6.45) is 1.77. The van der Waals surface area contributed by atoms with Crippen molar-refractivity contribution in [3.63, 3.8) is 0 Å². The van der Waals surface area contributed by atoms with E-state index in [1.807, 2.05) is 43.3 Å². The molecule has 0 fully saturated rings. The van der Waals surface area contributed by atoms with Crippen LogP contribution in [0, 0.1) is 6.92 Å². The van der Waals surface area contributed by atoms with Crippen molar-refractivity contribution in [2.75, 3.05) is 12.4 Å². The van der Waals surface area contributed by atoms with Gasteiger partial charge in [-0.2, -0.15) is 0 Å². The monoisotopic (exact) mass is 323 g/mol. The number of benzene rings is 1. The fourth-order valence-electron chi connectivity index (χ4n) is 2.26. The van der Waals surface area contributed by atoms with Crippen molar-refractivity contribution >= 4 is 11.7 Å². The minimum absolute atomic E-state index is 0.114. The second kappa shape index (κ2) is 6.95. The van der Waals surface area contributed by atoms with Gasteiger partial charge in [0.25, 0.3) is 0 Å². The average molecular weight is 323 g/mol. The van der Waals surface area contributed by atoms with Gasteiger partial charge < -0.3 is 14.6 Å². The number of anilines is 1. The summed E-state index contributed by atoms with van der Waals surface area (Å²) in [5.41, 5.74) is 2.42. The zero-order valence-electron chi connectivity index (χ0n) is 13.4. The molecule has 24 heavy (non-hydrogen) atoms. The predicted molar refractivity (Wildman–Crippen MR) is 89.8 cm³/mol. The van der Waals surface area contributed by atoms with Crippen LogP contribution in [-0.4, -0.2) is 23.2 Å².